The lowest BCUT2D eigenvalue weighted by Gasteiger charge is -2.04. The number of carbonyl (C=O) groups is 1. The predicted molar refractivity (Wildman–Crippen MR) is 63.9 cm³/mol. The summed E-state index contributed by atoms with van der Waals surface area (Å²) >= 11 is 11.7. The molecule has 0 amide bonds. The van der Waals surface area contributed by atoms with Gasteiger partial charge in [-0.15, -0.1) is 6.58 Å². The molecule has 4 heteroatoms. The fraction of sp³-hybridized carbons (Fsp3) is 0.182. The summed E-state index contributed by atoms with van der Waals surface area (Å²) in [6, 6.07) is 5.01. The van der Waals surface area contributed by atoms with E-state index < -0.39 is 0 Å². The highest BCUT2D eigenvalue weighted by Gasteiger charge is 2.11. The second kappa shape index (κ2) is 5.91. The maximum absolute atomic E-state index is 11.7. The monoisotopic (exact) mass is 243 g/mol. The SMILES string of the molecule is C=CCNCC(=O)c1cccc(Cl)c1Cl. The number of carbonyl (C=O) groups excluding carboxylic acids is 1. The van der Waals surface area contributed by atoms with E-state index in [4.69, 9.17) is 23.2 Å². The van der Waals surface area contributed by atoms with Crippen LogP contribution >= 0.6 is 23.2 Å². The molecule has 1 N–H and O–H groups in total. The third kappa shape index (κ3) is 3.34. The topological polar surface area (TPSA) is 29.1 Å². The van der Waals surface area contributed by atoms with E-state index in [1.807, 2.05) is 0 Å². The second-order valence-corrected chi connectivity index (χ2v) is 3.73. The number of Topliss-reactive ketones (excluding diaryl/α,β-unsaturated/α-hetero) is 1. The molecule has 0 atom stereocenters. The fourth-order valence-electron chi connectivity index (χ4n) is 1.10. The molecule has 0 aliphatic rings. The zero-order chi connectivity index (χ0) is 11.3. The molecule has 1 aromatic carbocycles. The van der Waals surface area contributed by atoms with Crippen LogP contribution in [0.15, 0.2) is 30.9 Å². The van der Waals surface area contributed by atoms with Gasteiger partial charge in [0.1, 0.15) is 0 Å². The minimum Gasteiger partial charge on any atom is -0.306 e. The van der Waals surface area contributed by atoms with E-state index in [0.717, 1.165) is 0 Å². The summed E-state index contributed by atoms with van der Waals surface area (Å²) in [6.45, 7) is 4.36. The second-order valence-electron chi connectivity index (χ2n) is 2.94. The number of ketones is 1. The summed E-state index contributed by atoms with van der Waals surface area (Å²) in [5.74, 6) is -0.0793. The highest BCUT2D eigenvalue weighted by molar-refractivity contribution is 6.43. The van der Waals surface area contributed by atoms with Gasteiger partial charge in [0.05, 0.1) is 16.6 Å². The van der Waals surface area contributed by atoms with Gasteiger partial charge in [-0.2, -0.15) is 0 Å². The Balaban J connectivity index is 2.73. The Morgan fingerprint density at radius 3 is 2.87 bits per heavy atom. The quantitative estimate of drug-likeness (QED) is 0.490. The minimum atomic E-state index is -0.0793. The minimum absolute atomic E-state index is 0.0793. The van der Waals surface area contributed by atoms with Gasteiger partial charge in [0, 0.05) is 12.1 Å². The van der Waals surface area contributed by atoms with E-state index >= 15 is 0 Å². The Bertz CT molecular complexity index is 377. The van der Waals surface area contributed by atoms with Crippen molar-refractivity contribution in [3.63, 3.8) is 0 Å². The van der Waals surface area contributed by atoms with Gasteiger partial charge in [-0.1, -0.05) is 35.3 Å². The maximum Gasteiger partial charge on any atom is 0.178 e. The lowest BCUT2D eigenvalue weighted by Crippen LogP contribution is -2.23. The number of nitrogens with one attached hydrogen (secondary N) is 1. The van der Waals surface area contributed by atoms with Crippen LogP contribution < -0.4 is 5.32 Å². The normalized spacial score (nSPS) is 10.0. The third-order valence-corrected chi connectivity index (χ3v) is 2.65. The molecule has 0 aliphatic carbocycles. The zero-order valence-electron chi connectivity index (χ0n) is 8.09. The van der Waals surface area contributed by atoms with Gasteiger partial charge in [0.2, 0.25) is 0 Å². The van der Waals surface area contributed by atoms with Crippen molar-refractivity contribution >= 4 is 29.0 Å². The van der Waals surface area contributed by atoms with Crippen LogP contribution in [0.25, 0.3) is 0 Å². The molecule has 1 aromatic rings. The standard InChI is InChI=1S/C11H11Cl2NO/c1-2-6-14-7-10(15)8-4-3-5-9(12)11(8)13/h2-5,14H,1,6-7H2. The Kier molecular flexibility index (Phi) is 4.82. The van der Waals surface area contributed by atoms with E-state index in [0.29, 0.717) is 22.2 Å². The number of rotatable bonds is 5. The first-order valence-corrected chi connectivity index (χ1v) is 5.21. The van der Waals surface area contributed by atoms with Gasteiger partial charge in [0.25, 0.3) is 0 Å². The highest BCUT2D eigenvalue weighted by Crippen LogP contribution is 2.25. The van der Waals surface area contributed by atoms with Crippen molar-refractivity contribution in [2.45, 2.75) is 0 Å². The first-order valence-electron chi connectivity index (χ1n) is 4.45. The average Bonchev–Trinajstić information content (AvgIpc) is 2.22. The van der Waals surface area contributed by atoms with Crippen molar-refractivity contribution in [2.24, 2.45) is 0 Å². The smallest absolute Gasteiger partial charge is 0.178 e. The molecule has 0 aliphatic heterocycles. The summed E-state index contributed by atoms with van der Waals surface area (Å²) in [5.41, 5.74) is 0.445. The Hall–Kier alpha value is -0.830. The van der Waals surface area contributed by atoms with Crippen LogP contribution in [-0.2, 0) is 0 Å². The van der Waals surface area contributed by atoms with Gasteiger partial charge >= 0.3 is 0 Å². The molecule has 0 fully saturated rings. The van der Waals surface area contributed by atoms with Gasteiger partial charge in [-0.05, 0) is 12.1 Å². The third-order valence-electron chi connectivity index (χ3n) is 1.83. The molecule has 0 saturated carbocycles. The number of benzene rings is 1. The fourth-order valence-corrected chi connectivity index (χ4v) is 1.51. The van der Waals surface area contributed by atoms with E-state index in [1.54, 1.807) is 24.3 Å². The first kappa shape index (κ1) is 12.2. The van der Waals surface area contributed by atoms with E-state index in [-0.39, 0.29) is 12.3 Å². The van der Waals surface area contributed by atoms with Gasteiger partial charge < -0.3 is 5.32 Å². The molecule has 80 valence electrons. The largest absolute Gasteiger partial charge is 0.306 e. The van der Waals surface area contributed by atoms with Crippen LogP contribution in [0, 0.1) is 0 Å². The Morgan fingerprint density at radius 1 is 1.47 bits per heavy atom. The van der Waals surface area contributed by atoms with Crippen LogP contribution in [0.2, 0.25) is 10.0 Å². The maximum atomic E-state index is 11.7. The summed E-state index contributed by atoms with van der Waals surface area (Å²) in [7, 11) is 0. The highest BCUT2D eigenvalue weighted by atomic mass is 35.5. The zero-order valence-corrected chi connectivity index (χ0v) is 9.61. The Labute approximate surface area is 98.9 Å². The number of hydrogen-bond donors (Lipinski definition) is 1. The molecular weight excluding hydrogens is 233 g/mol. The summed E-state index contributed by atoms with van der Waals surface area (Å²) in [4.78, 5) is 11.7. The van der Waals surface area contributed by atoms with E-state index in [9.17, 15) is 4.79 Å². The van der Waals surface area contributed by atoms with E-state index in [1.165, 1.54) is 0 Å². The van der Waals surface area contributed by atoms with Crippen molar-refractivity contribution < 1.29 is 4.79 Å². The van der Waals surface area contributed by atoms with Gasteiger partial charge in [0.15, 0.2) is 5.78 Å². The van der Waals surface area contributed by atoms with Crippen LogP contribution in [0.5, 0.6) is 0 Å². The van der Waals surface area contributed by atoms with Crippen molar-refractivity contribution in [2.75, 3.05) is 13.1 Å². The molecule has 1 rings (SSSR count). The molecular formula is C11H11Cl2NO. The van der Waals surface area contributed by atoms with Crippen molar-refractivity contribution in [3.05, 3.63) is 46.5 Å². The molecule has 0 unspecified atom stereocenters. The van der Waals surface area contributed by atoms with Crippen LogP contribution in [0.4, 0.5) is 0 Å². The molecule has 15 heavy (non-hydrogen) atoms. The summed E-state index contributed by atoms with van der Waals surface area (Å²) in [5, 5.41) is 3.62. The van der Waals surface area contributed by atoms with E-state index in [2.05, 4.69) is 11.9 Å². The van der Waals surface area contributed by atoms with Crippen molar-refractivity contribution in [3.8, 4) is 0 Å². The van der Waals surface area contributed by atoms with Crippen LogP contribution in [0.3, 0.4) is 0 Å². The van der Waals surface area contributed by atoms with Crippen LogP contribution in [0.1, 0.15) is 10.4 Å². The molecule has 0 saturated heterocycles. The molecule has 0 radical (unpaired) electrons. The van der Waals surface area contributed by atoms with Crippen LogP contribution in [-0.4, -0.2) is 18.9 Å². The summed E-state index contributed by atoms with van der Waals surface area (Å²) < 4.78 is 0. The van der Waals surface area contributed by atoms with Crippen molar-refractivity contribution in [1.82, 2.24) is 5.32 Å². The Morgan fingerprint density at radius 2 is 2.20 bits per heavy atom. The summed E-state index contributed by atoms with van der Waals surface area (Å²) in [6.07, 6.45) is 1.69. The lowest BCUT2D eigenvalue weighted by molar-refractivity contribution is 0.0992. The molecule has 0 spiro atoms. The van der Waals surface area contributed by atoms with Crippen molar-refractivity contribution in [1.29, 1.82) is 0 Å². The predicted octanol–water partition coefficient (Wildman–Crippen LogP) is 2.95. The number of hydrogen-bond acceptors (Lipinski definition) is 2. The molecule has 0 heterocycles. The van der Waals surface area contributed by atoms with Gasteiger partial charge in [-0.25, -0.2) is 0 Å². The molecule has 2 nitrogen and oxygen atoms in total. The average molecular weight is 244 g/mol. The molecule has 0 bridgehead atoms. The lowest BCUT2D eigenvalue weighted by atomic mass is 10.1. The number of halogens is 2. The van der Waals surface area contributed by atoms with Gasteiger partial charge in [-0.3, -0.25) is 4.79 Å². The molecule has 0 aromatic heterocycles. The first-order chi connectivity index (χ1) is 7.16.